The number of hydrogen-bond acceptors (Lipinski definition) is 12. The smallest absolute Gasteiger partial charge is 0.121 e. The summed E-state index contributed by atoms with van der Waals surface area (Å²) in [4.78, 5) is 1.27. The third-order valence-electron chi connectivity index (χ3n) is 7.39. The van der Waals surface area contributed by atoms with Crippen molar-refractivity contribution in [3.05, 3.63) is 22.4 Å². The van der Waals surface area contributed by atoms with Gasteiger partial charge in [0.2, 0.25) is 0 Å². The molecule has 1 aromatic rings. The molecule has 0 saturated heterocycles. The predicted molar refractivity (Wildman–Crippen MR) is 172 cm³/mol. The van der Waals surface area contributed by atoms with Crippen LogP contribution in [0.3, 0.4) is 0 Å². The molecule has 0 bridgehead atoms. The molecule has 0 spiro atoms. The molecule has 0 aliphatic carbocycles. The molecule has 5 N–H and O–H groups in total. The fraction of sp³-hybridized carbons (Fsp3) is 0.875. The van der Waals surface area contributed by atoms with E-state index in [1.54, 1.807) is 11.3 Å². The molecule has 44 heavy (non-hydrogen) atoms. The Bertz CT molecular complexity index is 835. The Balaban J connectivity index is 2.22. The van der Waals surface area contributed by atoms with Crippen LogP contribution in [0.1, 0.15) is 66.2 Å². The van der Waals surface area contributed by atoms with Crippen molar-refractivity contribution in [3.8, 4) is 0 Å². The van der Waals surface area contributed by atoms with E-state index in [1.165, 1.54) is 4.88 Å². The lowest BCUT2D eigenvalue weighted by Crippen LogP contribution is -2.55. The lowest BCUT2D eigenvalue weighted by Gasteiger charge is -2.43. The van der Waals surface area contributed by atoms with Gasteiger partial charge < -0.3 is 54.2 Å². The molecule has 0 aromatic carbocycles. The molecule has 1 aromatic heterocycles. The van der Waals surface area contributed by atoms with Crippen LogP contribution in [0, 0.1) is 5.41 Å². The van der Waals surface area contributed by atoms with Crippen LogP contribution in [-0.2, 0) is 39.6 Å². The largest absolute Gasteiger partial charge is 0.394 e. The number of aliphatic hydroxyl groups excluding tert-OH is 3. The zero-order valence-corrected chi connectivity index (χ0v) is 29.0. The first-order valence-electron chi connectivity index (χ1n) is 15.6. The highest BCUT2D eigenvalue weighted by Crippen LogP contribution is 2.33. The zero-order chi connectivity index (χ0) is 33.1. The van der Waals surface area contributed by atoms with E-state index < -0.39 is 34.6 Å². The van der Waals surface area contributed by atoms with Crippen LogP contribution in [0.5, 0.6) is 0 Å². The molecular weight excluding hydrogens is 590 g/mol. The van der Waals surface area contributed by atoms with Crippen molar-refractivity contribution in [2.75, 3.05) is 79.3 Å². The molecule has 0 aliphatic rings. The van der Waals surface area contributed by atoms with Crippen molar-refractivity contribution in [3.63, 3.8) is 0 Å². The molecule has 0 fully saturated rings. The van der Waals surface area contributed by atoms with Crippen LogP contribution >= 0.6 is 11.3 Å². The van der Waals surface area contributed by atoms with Gasteiger partial charge in [-0.15, -0.1) is 11.3 Å². The summed E-state index contributed by atoms with van der Waals surface area (Å²) >= 11 is 1.70. The monoisotopic (exact) mass is 651 g/mol. The topological polar surface area (TPSA) is 151 Å². The summed E-state index contributed by atoms with van der Waals surface area (Å²) in [6.07, 6.45) is 0.708. The first kappa shape index (κ1) is 41.3. The van der Waals surface area contributed by atoms with Gasteiger partial charge in [0.05, 0.1) is 83.9 Å². The fourth-order valence-corrected chi connectivity index (χ4v) is 4.42. The quantitative estimate of drug-likeness (QED) is 0.0781. The Hall–Kier alpha value is -0.740. The number of rotatable bonds is 28. The minimum atomic E-state index is -0.945. The van der Waals surface area contributed by atoms with E-state index in [2.05, 4.69) is 6.07 Å². The second-order valence-corrected chi connectivity index (χ2v) is 14.2. The van der Waals surface area contributed by atoms with Crippen molar-refractivity contribution in [2.24, 2.45) is 11.1 Å². The Morgan fingerprint density at radius 2 is 1.25 bits per heavy atom. The van der Waals surface area contributed by atoms with Crippen LogP contribution < -0.4 is 5.73 Å². The number of nitrogens with two attached hydrogens (primary N) is 1. The summed E-state index contributed by atoms with van der Waals surface area (Å²) < 4.78 is 40.2. The van der Waals surface area contributed by atoms with E-state index in [0.29, 0.717) is 52.5 Å². The van der Waals surface area contributed by atoms with E-state index in [0.717, 1.165) is 6.42 Å². The molecule has 260 valence electrons. The van der Waals surface area contributed by atoms with Crippen LogP contribution in [-0.4, -0.2) is 124 Å². The van der Waals surface area contributed by atoms with Gasteiger partial charge in [-0.25, -0.2) is 0 Å². The number of hydrogen-bond donors (Lipinski definition) is 4. The van der Waals surface area contributed by atoms with Gasteiger partial charge in [-0.2, -0.15) is 0 Å². The summed E-state index contributed by atoms with van der Waals surface area (Å²) in [6.45, 7) is 17.3. The van der Waals surface area contributed by atoms with E-state index in [9.17, 15) is 10.2 Å². The van der Waals surface area contributed by atoms with Gasteiger partial charge in [-0.3, -0.25) is 0 Å². The Kier molecular flexibility index (Phi) is 19.9. The summed E-state index contributed by atoms with van der Waals surface area (Å²) in [7, 11) is 0. The van der Waals surface area contributed by atoms with Crippen LogP contribution in [0.15, 0.2) is 17.5 Å². The van der Waals surface area contributed by atoms with Gasteiger partial charge in [0.1, 0.15) is 17.9 Å². The van der Waals surface area contributed by atoms with Crippen molar-refractivity contribution in [2.45, 2.75) is 96.9 Å². The molecule has 1 rings (SSSR count). The number of ether oxygens (including phenoxy) is 7. The molecule has 0 amide bonds. The second-order valence-electron chi connectivity index (χ2n) is 13.2. The van der Waals surface area contributed by atoms with Crippen LogP contribution in [0.2, 0.25) is 0 Å². The molecule has 11 nitrogen and oxygen atoms in total. The first-order valence-corrected chi connectivity index (χ1v) is 16.5. The average Bonchev–Trinajstić information content (AvgIpc) is 3.46. The highest BCUT2D eigenvalue weighted by Gasteiger charge is 2.40. The van der Waals surface area contributed by atoms with Crippen molar-refractivity contribution >= 4 is 11.3 Å². The number of aliphatic hydroxyl groups is 3. The van der Waals surface area contributed by atoms with Crippen LogP contribution in [0.4, 0.5) is 0 Å². The molecule has 12 heteroatoms. The minimum absolute atomic E-state index is 0.0769. The van der Waals surface area contributed by atoms with Crippen molar-refractivity contribution in [1.82, 2.24) is 0 Å². The Morgan fingerprint density at radius 3 is 1.84 bits per heavy atom. The highest BCUT2D eigenvalue weighted by atomic mass is 32.1. The van der Waals surface area contributed by atoms with Crippen molar-refractivity contribution < 1.29 is 48.5 Å². The Morgan fingerprint density at radius 1 is 0.705 bits per heavy atom. The first-order chi connectivity index (χ1) is 20.6. The number of thiophene rings is 1. The maximum Gasteiger partial charge on any atom is 0.121 e. The second kappa shape index (κ2) is 21.2. The molecule has 0 aliphatic heterocycles. The SMILES string of the molecule is CC(C)(CCOC(C)(N)C(C)(C)COC(C)(C)CCOCC(O)COCCO)OCCOCC(O)COCCc1cccs1. The van der Waals surface area contributed by atoms with Gasteiger partial charge in [0.15, 0.2) is 0 Å². The summed E-state index contributed by atoms with van der Waals surface area (Å²) in [5.74, 6) is 0. The van der Waals surface area contributed by atoms with E-state index >= 15 is 0 Å². The molecule has 0 radical (unpaired) electrons. The minimum Gasteiger partial charge on any atom is -0.394 e. The molecule has 1 heterocycles. The third-order valence-corrected chi connectivity index (χ3v) is 8.33. The van der Waals surface area contributed by atoms with Gasteiger partial charge in [0, 0.05) is 23.3 Å². The maximum absolute atomic E-state index is 10.1. The van der Waals surface area contributed by atoms with Crippen molar-refractivity contribution in [1.29, 1.82) is 0 Å². The predicted octanol–water partition coefficient (Wildman–Crippen LogP) is 3.16. The van der Waals surface area contributed by atoms with Crippen LogP contribution in [0.25, 0.3) is 0 Å². The molecule has 0 saturated carbocycles. The molecular formula is C32H61NO10S. The normalized spacial score (nSPS) is 15.8. The van der Waals surface area contributed by atoms with Gasteiger partial charge >= 0.3 is 0 Å². The molecule has 3 unspecified atom stereocenters. The lowest BCUT2D eigenvalue weighted by atomic mass is 9.83. The van der Waals surface area contributed by atoms with Gasteiger partial charge in [0.25, 0.3) is 0 Å². The standard InChI is InChI=1S/C32H61NO10S/c1-29(2,25-43-31(5,6)11-15-38-22-27(36)23-39-17-13-34)32(7,33)42-16-12-30(3,4)41-19-18-40-24-26(35)21-37-14-10-28-9-8-20-44-28/h8-9,20,26-27,34-36H,10-19,21-25,33H2,1-7H3. The third kappa shape index (κ3) is 19.0. The van der Waals surface area contributed by atoms with Gasteiger partial charge in [-0.1, -0.05) is 19.9 Å². The zero-order valence-electron chi connectivity index (χ0n) is 28.2. The fourth-order valence-electron chi connectivity index (χ4n) is 3.73. The Labute approximate surface area is 269 Å². The van der Waals surface area contributed by atoms with E-state index in [1.807, 2.05) is 59.9 Å². The maximum atomic E-state index is 10.1. The summed E-state index contributed by atoms with van der Waals surface area (Å²) in [6, 6.07) is 4.09. The molecule has 3 atom stereocenters. The van der Waals surface area contributed by atoms with Gasteiger partial charge in [-0.05, 0) is 58.9 Å². The average molecular weight is 652 g/mol. The van der Waals surface area contributed by atoms with E-state index in [-0.39, 0.29) is 39.6 Å². The lowest BCUT2D eigenvalue weighted by molar-refractivity contribution is -0.165. The highest BCUT2D eigenvalue weighted by molar-refractivity contribution is 7.09. The summed E-state index contributed by atoms with van der Waals surface area (Å²) in [5.41, 5.74) is 4.28. The summed E-state index contributed by atoms with van der Waals surface area (Å²) in [5, 5.41) is 30.7. The van der Waals surface area contributed by atoms with E-state index in [4.69, 9.17) is 44.0 Å².